The summed E-state index contributed by atoms with van der Waals surface area (Å²) in [6.07, 6.45) is -2.97. The number of carbonyl (C=O) groups excluding carboxylic acids is 1. The second kappa shape index (κ2) is 7.32. The Labute approximate surface area is 166 Å². The fourth-order valence-corrected chi connectivity index (χ4v) is 3.79. The van der Waals surface area contributed by atoms with Gasteiger partial charge in [-0.2, -0.15) is 13.2 Å². The number of amides is 1. The number of anilines is 1. The van der Waals surface area contributed by atoms with Gasteiger partial charge in [0.1, 0.15) is 5.82 Å². The third-order valence-electron chi connectivity index (χ3n) is 4.27. The Balaban J connectivity index is 1.56. The molecule has 4 aromatic rings. The number of aromatic nitrogens is 2. The maximum atomic E-state index is 13.1. The van der Waals surface area contributed by atoms with Crippen LogP contribution in [0.25, 0.3) is 16.2 Å². The lowest BCUT2D eigenvalue weighted by Crippen LogP contribution is -2.18. The summed E-state index contributed by atoms with van der Waals surface area (Å²) in [4.78, 5) is 17.4. The highest BCUT2D eigenvalue weighted by molar-refractivity contribution is 7.15. The molecule has 2 aromatic heterocycles. The number of carbonyl (C=O) groups is 1. The van der Waals surface area contributed by atoms with E-state index in [-0.39, 0.29) is 17.9 Å². The van der Waals surface area contributed by atoms with Crippen LogP contribution in [0.15, 0.2) is 60.1 Å². The average molecular weight is 419 g/mol. The molecule has 4 rings (SSSR count). The molecule has 0 saturated carbocycles. The Morgan fingerprint density at radius 2 is 1.83 bits per heavy atom. The fourth-order valence-electron chi connectivity index (χ4n) is 2.91. The third-order valence-corrected chi connectivity index (χ3v) is 5.16. The van der Waals surface area contributed by atoms with E-state index in [1.54, 1.807) is 28.1 Å². The third kappa shape index (κ3) is 4.00. The summed E-state index contributed by atoms with van der Waals surface area (Å²) in [5.74, 6) is -0.926. The first-order valence-electron chi connectivity index (χ1n) is 8.49. The van der Waals surface area contributed by atoms with E-state index in [0.29, 0.717) is 16.3 Å². The minimum Gasteiger partial charge on any atom is -0.325 e. The first-order chi connectivity index (χ1) is 13.8. The van der Waals surface area contributed by atoms with Gasteiger partial charge in [0, 0.05) is 22.8 Å². The van der Waals surface area contributed by atoms with Crippen molar-refractivity contribution in [3.63, 3.8) is 0 Å². The van der Waals surface area contributed by atoms with Crippen molar-refractivity contribution in [2.75, 3.05) is 5.32 Å². The summed E-state index contributed by atoms with van der Waals surface area (Å²) in [6, 6.07) is 10.7. The first kappa shape index (κ1) is 19.1. The summed E-state index contributed by atoms with van der Waals surface area (Å²) < 4.78 is 54.1. The Morgan fingerprint density at radius 3 is 2.55 bits per heavy atom. The van der Waals surface area contributed by atoms with Gasteiger partial charge in [-0.05, 0) is 36.4 Å². The summed E-state index contributed by atoms with van der Waals surface area (Å²) in [5, 5.41) is 4.06. The normalized spacial score (nSPS) is 11.7. The quantitative estimate of drug-likeness (QED) is 0.450. The first-order valence-corrected chi connectivity index (χ1v) is 9.37. The van der Waals surface area contributed by atoms with E-state index in [9.17, 15) is 22.4 Å². The molecule has 0 saturated heterocycles. The molecule has 0 aliphatic heterocycles. The highest BCUT2D eigenvalue weighted by Crippen LogP contribution is 2.34. The van der Waals surface area contributed by atoms with Crippen LogP contribution in [0, 0.1) is 5.82 Å². The maximum absolute atomic E-state index is 13.1. The second-order valence-electron chi connectivity index (χ2n) is 6.28. The topological polar surface area (TPSA) is 46.4 Å². The number of hydrogen-bond donors (Lipinski definition) is 1. The zero-order valence-corrected chi connectivity index (χ0v) is 15.5. The largest absolute Gasteiger partial charge is 0.418 e. The van der Waals surface area contributed by atoms with Crippen molar-refractivity contribution >= 4 is 27.9 Å². The van der Waals surface area contributed by atoms with Crippen molar-refractivity contribution in [2.45, 2.75) is 12.6 Å². The van der Waals surface area contributed by atoms with Crippen LogP contribution in [0.4, 0.5) is 23.2 Å². The van der Waals surface area contributed by atoms with E-state index in [1.807, 2.05) is 0 Å². The Morgan fingerprint density at radius 1 is 1.10 bits per heavy atom. The number of fused-ring (bicyclic) bond motifs is 1. The summed E-state index contributed by atoms with van der Waals surface area (Å²) >= 11 is 1.31. The molecule has 29 heavy (non-hydrogen) atoms. The Kier molecular flexibility index (Phi) is 4.83. The molecule has 0 fully saturated rings. The van der Waals surface area contributed by atoms with Crippen molar-refractivity contribution in [1.29, 1.82) is 0 Å². The molecule has 0 aliphatic rings. The minimum atomic E-state index is -4.56. The predicted octanol–water partition coefficient (Wildman–Crippen LogP) is 5.40. The molecule has 9 heteroatoms. The fraction of sp³-hybridized carbons (Fsp3) is 0.100. The number of hydrogen-bond acceptors (Lipinski definition) is 3. The van der Waals surface area contributed by atoms with Crippen LogP contribution in [-0.2, 0) is 17.4 Å². The Hall–Kier alpha value is -3.20. The SMILES string of the molecule is O=C(Cc1csc2nc(-c3ccc(F)cc3)cn12)Nc1ccccc1C(F)(F)F. The molecule has 1 N–H and O–H groups in total. The van der Waals surface area contributed by atoms with Crippen molar-refractivity contribution in [1.82, 2.24) is 9.38 Å². The van der Waals surface area contributed by atoms with Crippen LogP contribution in [0.3, 0.4) is 0 Å². The molecule has 2 heterocycles. The van der Waals surface area contributed by atoms with Crippen LogP contribution in [0.1, 0.15) is 11.3 Å². The van der Waals surface area contributed by atoms with Gasteiger partial charge in [-0.1, -0.05) is 12.1 Å². The molecular weight excluding hydrogens is 406 g/mol. The highest BCUT2D eigenvalue weighted by Gasteiger charge is 2.33. The van der Waals surface area contributed by atoms with E-state index >= 15 is 0 Å². The number of benzene rings is 2. The van der Waals surface area contributed by atoms with E-state index in [1.165, 1.54) is 41.7 Å². The summed E-state index contributed by atoms with van der Waals surface area (Å²) in [7, 11) is 0. The molecule has 148 valence electrons. The number of rotatable bonds is 4. The number of para-hydroxylation sites is 1. The molecule has 0 radical (unpaired) electrons. The number of imidazole rings is 1. The lowest BCUT2D eigenvalue weighted by atomic mass is 10.1. The zero-order valence-electron chi connectivity index (χ0n) is 14.7. The monoisotopic (exact) mass is 419 g/mol. The molecule has 2 aromatic carbocycles. The lowest BCUT2D eigenvalue weighted by Gasteiger charge is -2.13. The van der Waals surface area contributed by atoms with E-state index in [4.69, 9.17) is 0 Å². The molecule has 0 aliphatic carbocycles. The van der Waals surface area contributed by atoms with Crippen LogP contribution < -0.4 is 5.32 Å². The predicted molar refractivity (Wildman–Crippen MR) is 102 cm³/mol. The highest BCUT2D eigenvalue weighted by atomic mass is 32.1. The van der Waals surface area contributed by atoms with Gasteiger partial charge in [0.15, 0.2) is 4.96 Å². The minimum absolute atomic E-state index is 0.120. The van der Waals surface area contributed by atoms with Crippen molar-refractivity contribution in [2.24, 2.45) is 0 Å². The Bertz CT molecular complexity index is 1180. The summed E-state index contributed by atoms with van der Waals surface area (Å²) in [6.45, 7) is 0. The van der Waals surface area contributed by atoms with Crippen molar-refractivity contribution in [3.05, 3.63) is 77.2 Å². The number of nitrogens with one attached hydrogen (secondary N) is 1. The van der Waals surface area contributed by atoms with E-state index < -0.39 is 17.6 Å². The number of thiazole rings is 1. The molecule has 0 unspecified atom stereocenters. The van der Waals surface area contributed by atoms with Gasteiger partial charge in [-0.15, -0.1) is 11.3 Å². The number of nitrogens with zero attached hydrogens (tertiary/aromatic N) is 2. The maximum Gasteiger partial charge on any atom is 0.418 e. The average Bonchev–Trinajstić information content (AvgIpc) is 3.24. The van der Waals surface area contributed by atoms with Gasteiger partial charge in [-0.25, -0.2) is 9.37 Å². The van der Waals surface area contributed by atoms with Crippen LogP contribution in [-0.4, -0.2) is 15.3 Å². The van der Waals surface area contributed by atoms with Crippen molar-refractivity contribution < 1.29 is 22.4 Å². The second-order valence-corrected chi connectivity index (χ2v) is 7.12. The standard InChI is InChI=1S/C20H13F4N3OS/c21-13-7-5-12(6-8-13)17-10-27-14(11-29-19(27)26-17)9-18(28)25-16-4-2-1-3-15(16)20(22,23)24/h1-8,10-11H,9H2,(H,25,28). The summed E-state index contributed by atoms with van der Waals surface area (Å²) in [5.41, 5.74) is 0.740. The zero-order chi connectivity index (χ0) is 20.6. The molecular formula is C20H13F4N3OS. The van der Waals surface area contributed by atoms with Gasteiger partial charge in [0.05, 0.1) is 23.4 Å². The van der Waals surface area contributed by atoms with E-state index in [2.05, 4.69) is 10.3 Å². The molecule has 0 bridgehead atoms. The van der Waals surface area contributed by atoms with E-state index in [0.717, 1.165) is 11.6 Å². The van der Waals surface area contributed by atoms with Crippen molar-refractivity contribution in [3.8, 4) is 11.3 Å². The molecule has 4 nitrogen and oxygen atoms in total. The van der Waals surface area contributed by atoms with Crippen LogP contribution in [0.2, 0.25) is 0 Å². The number of halogens is 4. The van der Waals surface area contributed by atoms with Crippen LogP contribution >= 0.6 is 11.3 Å². The molecule has 1 amide bonds. The lowest BCUT2D eigenvalue weighted by molar-refractivity contribution is -0.137. The van der Waals surface area contributed by atoms with Crippen LogP contribution in [0.5, 0.6) is 0 Å². The van der Waals surface area contributed by atoms with Gasteiger partial charge in [-0.3, -0.25) is 9.20 Å². The van der Waals surface area contributed by atoms with Gasteiger partial charge < -0.3 is 5.32 Å². The molecule has 0 spiro atoms. The van der Waals surface area contributed by atoms with Gasteiger partial charge in [0.2, 0.25) is 5.91 Å². The smallest absolute Gasteiger partial charge is 0.325 e. The van der Waals surface area contributed by atoms with Gasteiger partial charge in [0.25, 0.3) is 0 Å². The van der Waals surface area contributed by atoms with Gasteiger partial charge >= 0.3 is 6.18 Å². The number of alkyl halides is 3. The molecule has 0 atom stereocenters.